The predicted molar refractivity (Wildman–Crippen MR) is 88.2 cm³/mol. The fourth-order valence-electron chi connectivity index (χ4n) is 2.58. The van der Waals surface area contributed by atoms with E-state index < -0.39 is 0 Å². The summed E-state index contributed by atoms with van der Waals surface area (Å²) in [5.41, 5.74) is 2.26. The molecular weight excluding hydrogens is 278 g/mol. The molecule has 120 valence electrons. The molecule has 0 bridgehead atoms. The lowest BCUT2D eigenvalue weighted by molar-refractivity contribution is 0.0943. The van der Waals surface area contributed by atoms with Gasteiger partial charge in [-0.05, 0) is 63.8 Å². The highest BCUT2D eigenvalue weighted by Gasteiger charge is 2.17. The molecule has 1 aliphatic heterocycles. The highest BCUT2D eigenvalue weighted by Crippen LogP contribution is 2.18. The third-order valence-corrected chi connectivity index (χ3v) is 3.79. The van der Waals surface area contributed by atoms with Crippen molar-refractivity contribution in [2.24, 2.45) is 0 Å². The maximum atomic E-state index is 12.2. The van der Waals surface area contributed by atoms with E-state index in [9.17, 15) is 9.59 Å². The Hall–Kier alpha value is -2.04. The van der Waals surface area contributed by atoms with E-state index in [2.05, 4.69) is 10.6 Å². The van der Waals surface area contributed by atoms with E-state index in [1.165, 1.54) is 6.42 Å². The summed E-state index contributed by atoms with van der Waals surface area (Å²) in [5.74, 6) is -0.0907. The number of benzene rings is 1. The van der Waals surface area contributed by atoms with Crippen LogP contribution < -0.4 is 10.6 Å². The molecule has 5 nitrogen and oxygen atoms in total. The molecule has 1 saturated heterocycles. The average Bonchev–Trinajstić information content (AvgIpc) is 2.49. The molecule has 1 fully saturated rings. The number of hydrogen-bond acceptors (Lipinski definition) is 2. The van der Waals surface area contributed by atoms with Crippen molar-refractivity contribution in [3.05, 3.63) is 29.3 Å². The van der Waals surface area contributed by atoms with Crippen molar-refractivity contribution < 1.29 is 9.59 Å². The van der Waals surface area contributed by atoms with E-state index in [-0.39, 0.29) is 18.0 Å². The summed E-state index contributed by atoms with van der Waals surface area (Å²) in [5, 5.41) is 5.81. The van der Waals surface area contributed by atoms with Crippen molar-refractivity contribution >= 4 is 17.6 Å². The zero-order chi connectivity index (χ0) is 16.1. The molecule has 1 aromatic carbocycles. The number of nitrogens with one attached hydrogen (secondary N) is 2. The molecule has 0 aliphatic carbocycles. The van der Waals surface area contributed by atoms with Gasteiger partial charge in [0.1, 0.15) is 0 Å². The quantitative estimate of drug-likeness (QED) is 0.901. The molecule has 5 heteroatoms. The predicted octanol–water partition coefficient (Wildman–Crippen LogP) is 3.15. The number of carbonyl (C=O) groups is 2. The summed E-state index contributed by atoms with van der Waals surface area (Å²) < 4.78 is 0. The van der Waals surface area contributed by atoms with E-state index >= 15 is 0 Å². The number of anilines is 1. The summed E-state index contributed by atoms with van der Waals surface area (Å²) >= 11 is 0. The minimum atomic E-state index is -0.0907. The van der Waals surface area contributed by atoms with Crippen LogP contribution in [0.3, 0.4) is 0 Å². The fraction of sp³-hybridized carbons (Fsp3) is 0.529. The number of likely N-dealkylation sites (tertiary alicyclic amines) is 1. The Balaban J connectivity index is 2.03. The van der Waals surface area contributed by atoms with Crippen LogP contribution in [0, 0.1) is 6.92 Å². The van der Waals surface area contributed by atoms with Gasteiger partial charge in [0.25, 0.3) is 5.91 Å². The van der Waals surface area contributed by atoms with Gasteiger partial charge >= 0.3 is 6.03 Å². The second-order valence-corrected chi connectivity index (χ2v) is 6.14. The molecule has 0 spiro atoms. The third-order valence-electron chi connectivity index (χ3n) is 3.79. The standard InChI is InChI=1S/C17H25N3O2/c1-12(2)18-16(21)14-7-8-15(13(3)11-14)19-17(22)20-9-5-4-6-10-20/h7-8,11-12H,4-6,9-10H2,1-3H3,(H,18,21)(H,19,22). The highest BCUT2D eigenvalue weighted by molar-refractivity contribution is 5.96. The van der Waals surface area contributed by atoms with Gasteiger partial charge in [0.2, 0.25) is 0 Å². The molecule has 0 unspecified atom stereocenters. The number of urea groups is 1. The van der Waals surface area contributed by atoms with Gasteiger partial charge in [0.05, 0.1) is 0 Å². The highest BCUT2D eigenvalue weighted by atomic mass is 16.2. The van der Waals surface area contributed by atoms with Crippen LogP contribution in [0.4, 0.5) is 10.5 Å². The number of nitrogens with zero attached hydrogens (tertiary/aromatic N) is 1. The lowest BCUT2D eigenvalue weighted by Crippen LogP contribution is -2.38. The maximum absolute atomic E-state index is 12.2. The number of aryl methyl sites for hydroxylation is 1. The van der Waals surface area contributed by atoms with Crippen LogP contribution in [0.25, 0.3) is 0 Å². The molecule has 2 N–H and O–H groups in total. The van der Waals surface area contributed by atoms with Crippen molar-refractivity contribution in [2.45, 2.75) is 46.1 Å². The van der Waals surface area contributed by atoms with Crippen molar-refractivity contribution in [1.82, 2.24) is 10.2 Å². The van der Waals surface area contributed by atoms with Crippen LogP contribution in [-0.4, -0.2) is 36.0 Å². The number of piperidine rings is 1. The van der Waals surface area contributed by atoms with Gasteiger partial charge in [-0.2, -0.15) is 0 Å². The number of amides is 3. The van der Waals surface area contributed by atoms with Crippen LogP contribution in [0.1, 0.15) is 49.0 Å². The Labute approximate surface area is 132 Å². The smallest absolute Gasteiger partial charge is 0.321 e. The molecule has 0 atom stereocenters. The van der Waals surface area contributed by atoms with Crippen molar-refractivity contribution in [3.8, 4) is 0 Å². The number of hydrogen-bond donors (Lipinski definition) is 2. The topological polar surface area (TPSA) is 61.4 Å². The Morgan fingerprint density at radius 3 is 2.41 bits per heavy atom. The van der Waals surface area contributed by atoms with Crippen molar-refractivity contribution in [1.29, 1.82) is 0 Å². The van der Waals surface area contributed by atoms with Gasteiger partial charge in [-0.25, -0.2) is 4.79 Å². The van der Waals surface area contributed by atoms with Gasteiger partial charge in [0.15, 0.2) is 0 Å². The van der Waals surface area contributed by atoms with E-state index in [1.807, 2.05) is 31.7 Å². The molecule has 1 aromatic rings. The summed E-state index contributed by atoms with van der Waals surface area (Å²) in [4.78, 5) is 26.1. The molecule has 0 aromatic heterocycles. The Kier molecular flexibility index (Phi) is 5.41. The zero-order valence-electron chi connectivity index (χ0n) is 13.6. The van der Waals surface area contributed by atoms with Crippen LogP contribution in [-0.2, 0) is 0 Å². The summed E-state index contributed by atoms with van der Waals surface area (Å²) in [6, 6.07) is 5.40. The summed E-state index contributed by atoms with van der Waals surface area (Å²) in [6.45, 7) is 7.40. The minimum absolute atomic E-state index is 0.0535. The van der Waals surface area contributed by atoms with Gasteiger partial charge in [0, 0.05) is 30.4 Å². The van der Waals surface area contributed by atoms with Crippen LogP contribution >= 0.6 is 0 Å². The fourth-order valence-corrected chi connectivity index (χ4v) is 2.58. The molecule has 2 rings (SSSR count). The monoisotopic (exact) mass is 303 g/mol. The van der Waals surface area contributed by atoms with Crippen LogP contribution in [0.2, 0.25) is 0 Å². The zero-order valence-corrected chi connectivity index (χ0v) is 13.6. The lowest BCUT2D eigenvalue weighted by atomic mass is 10.1. The second kappa shape index (κ2) is 7.29. The Morgan fingerprint density at radius 2 is 1.82 bits per heavy atom. The van der Waals surface area contributed by atoms with Gasteiger partial charge in [-0.1, -0.05) is 0 Å². The second-order valence-electron chi connectivity index (χ2n) is 6.14. The van der Waals surface area contributed by atoms with Gasteiger partial charge < -0.3 is 15.5 Å². The lowest BCUT2D eigenvalue weighted by Gasteiger charge is -2.27. The summed E-state index contributed by atoms with van der Waals surface area (Å²) in [7, 11) is 0. The molecule has 1 aliphatic rings. The van der Waals surface area contributed by atoms with E-state index in [4.69, 9.17) is 0 Å². The normalized spacial score (nSPS) is 14.8. The van der Waals surface area contributed by atoms with E-state index in [1.54, 1.807) is 12.1 Å². The van der Waals surface area contributed by atoms with Crippen molar-refractivity contribution in [2.75, 3.05) is 18.4 Å². The third kappa shape index (κ3) is 4.23. The molecule has 1 heterocycles. The van der Waals surface area contributed by atoms with Gasteiger partial charge in [-0.3, -0.25) is 4.79 Å². The van der Waals surface area contributed by atoms with Crippen LogP contribution in [0.5, 0.6) is 0 Å². The first-order valence-electron chi connectivity index (χ1n) is 7.95. The van der Waals surface area contributed by atoms with Crippen molar-refractivity contribution in [3.63, 3.8) is 0 Å². The molecule has 22 heavy (non-hydrogen) atoms. The van der Waals surface area contributed by atoms with Gasteiger partial charge in [-0.15, -0.1) is 0 Å². The number of carbonyl (C=O) groups excluding carboxylic acids is 2. The first-order chi connectivity index (χ1) is 10.5. The Bertz CT molecular complexity index is 549. The largest absolute Gasteiger partial charge is 0.350 e. The Morgan fingerprint density at radius 1 is 1.14 bits per heavy atom. The first kappa shape index (κ1) is 16.3. The molecule has 0 saturated carbocycles. The van der Waals surface area contributed by atoms with E-state index in [0.717, 1.165) is 37.2 Å². The van der Waals surface area contributed by atoms with Crippen LogP contribution in [0.15, 0.2) is 18.2 Å². The number of rotatable bonds is 3. The average molecular weight is 303 g/mol. The SMILES string of the molecule is Cc1cc(C(=O)NC(C)C)ccc1NC(=O)N1CCCCC1. The van der Waals surface area contributed by atoms with E-state index in [0.29, 0.717) is 5.56 Å². The minimum Gasteiger partial charge on any atom is -0.350 e. The molecule has 0 radical (unpaired) electrons. The maximum Gasteiger partial charge on any atom is 0.321 e. The molecule has 3 amide bonds. The molecular formula is C17H25N3O2. The summed E-state index contributed by atoms with van der Waals surface area (Å²) in [6.07, 6.45) is 3.34. The first-order valence-corrected chi connectivity index (χ1v) is 7.95.